The van der Waals surface area contributed by atoms with Crippen LogP contribution in [0, 0.1) is 5.92 Å². The van der Waals surface area contributed by atoms with Crippen molar-refractivity contribution in [3.63, 3.8) is 0 Å². The van der Waals surface area contributed by atoms with Crippen LogP contribution in [-0.2, 0) is 16.1 Å². The molecule has 0 unspecified atom stereocenters. The summed E-state index contributed by atoms with van der Waals surface area (Å²) in [6.07, 6.45) is -1.18. The van der Waals surface area contributed by atoms with Gasteiger partial charge in [0, 0.05) is 25.2 Å². The Kier molecular flexibility index (Phi) is 4.96. The van der Waals surface area contributed by atoms with Gasteiger partial charge in [0.2, 0.25) is 11.8 Å². The third kappa shape index (κ3) is 4.46. The SMILES string of the molecule is CC[C@@H](C)NC(=O)[C@H]1CC(=O)N(c2cnn(CC(F)(F)F)c2)C1. The molecule has 1 aromatic heterocycles. The maximum absolute atomic E-state index is 12.3. The van der Waals surface area contributed by atoms with Crippen molar-refractivity contribution in [2.24, 2.45) is 5.92 Å². The van der Waals surface area contributed by atoms with Gasteiger partial charge in [0.05, 0.1) is 17.8 Å². The van der Waals surface area contributed by atoms with Gasteiger partial charge in [-0.2, -0.15) is 18.3 Å². The number of hydrogen-bond donors (Lipinski definition) is 1. The van der Waals surface area contributed by atoms with E-state index < -0.39 is 18.6 Å². The zero-order chi connectivity index (χ0) is 17.2. The lowest BCUT2D eigenvalue weighted by molar-refractivity contribution is -0.142. The van der Waals surface area contributed by atoms with E-state index in [0.717, 1.165) is 11.1 Å². The molecule has 0 bridgehead atoms. The van der Waals surface area contributed by atoms with E-state index in [2.05, 4.69) is 10.4 Å². The summed E-state index contributed by atoms with van der Waals surface area (Å²) < 4.78 is 37.7. The number of amides is 2. The molecular formula is C14H19F3N4O2. The minimum atomic E-state index is -4.38. The Hall–Kier alpha value is -2.06. The monoisotopic (exact) mass is 332 g/mol. The smallest absolute Gasteiger partial charge is 0.353 e. The first-order chi connectivity index (χ1) is 10.7. The van der Waals surface area contributed by atoms with Gasteiger partial charge in [-0.3, -0.25) is 14.3 Å². The van der Waals surface area contributed by atoms with Crippen molar-refractivity contribution in [1.29, 1.82) is 0 Å². The number of nitrogens with zero attached hydrogens (tertiary/aromatic N) is 3. The lowest BCUT2D eigenvalue weighted by atomic mass is 10.1. The molecule has 2 amide bonds. The van der Waals surface area contributed by atoms with Crippen LogP contribution in [0.15, 0.2) is 12.4 Å². The normalized spacial score (nSPS) is 20.0. The molecule has 0 radical (unpaired) electrons. The summed E-state index contributed by atoms with van der Waals surface area (Å²) in [4.78, 5) is 25.4. The predicted octanol–water partition coefficient (Wildman–Crippen LogP) is 1.71. The van der Waals surface area contributed by atoms with Crippen molar-refractivity contribution >= 4 is 17.5 Å². The molecule has 9 heteroatoms. The molecule has 2 atom stereocenters. The van der Waals surface area contributed by atoms with Gasteiger partial charge in [-0.15, -0.1) is 0 Å². The van der Waals surface area contributed by atoms with Crippen molar-refractivity contribution < 1.29 is 22.8 Å². The number of carbonyl (C=O) groups excluding carboxylic acids is 2. The largest absolute Gasteiger partial charge is 0.408 e. The molecule has 2 rings (SSSR count). The van der Waals surface area contributed by atoms with Crippen molar-refractivity contribution in [2.45, 2.75) is 45.5 Å². The molecule has 0 spiro atoms. The Morgan fingerprint density at radius 1 is 1.52 bits per heavy atom. The molecule has 2 heterocycles. The van der Waals surface area contributed by atoms with Gasteiger partial charge < -0.3 is 10.2 Å². The standard InChI is InChI=1S/C14H19F3N4O2/c1-3-9(2)19-13(23)10-4-12(22)21(6-10)11-5-18-20(7-11)8-14(15,16)17/h5,7,9-10H,3-4,6,8H2,1-2H3,(H,19,23)/t9-,10+/m1/s1. The third-order valence-corrected chi connectivity index (χ3v) is 3.77. The van der Waals surface area contributed by atoms with Gasteiger partial charge in [0.1, 0.15) is 6.54 Å². The molecule has 1 N–H and O–H groups in total. The highest BCUT2D eigenvalue weighted by atomic mass is 19.4. The van der Waals surface area contributed by atoms with Gasteiger partial charge >= 0.3 is 6.18 Å². The third-order valence-electron chi connectivity index (χ3n) is 3.77. The Bertz CT molecular complexity index is 585. The highest BCUT2D eigenvalue weighted by molar-refractivity contribution is 6.00. The number of aromatic nitrogens is 2. The van der Waals surface area contributed by atoms with Gasteiger partial charge in [0.25, 0.3) is 0 Å². The Labute approximate surface area is 131 Å². The molecule has 1 fully saturated rings. The summed E-state index contributed by atoms with van der Waals surface area (Å²) in [5.41, 5.74) is 0.276. The summed E-state index contributed by atoms with van der Waals surface area (Å²) in [6, 6.07) is 0.0150. The van der Waals surface area contributed by atoms with Crippen LogP contribution in [0.4, 0.5) is 18.9 Å². The lowest BCUT2D eigenvalue weighted by Crippen LogP contribution is -2.38. The fourth-order valence-corrected chi connectivity index (χ4v) is 2.36. The molecule has 6 nitrogen and oxygen atoms in total. The average molecular weight is 332 g/mol. The number of nitrogens with one attached hydrogen (secondary N) is 1. The Balaban J connectivity index is 2.02. The second-order valence-corrected chi connectivity index (χ2v) is 5.73. The van der Waals surface area contributed by atoms with Crippen LogP contribution in [0.1, 0.15) is 26.7 Å². The zero-order valence-corrected chi connectivity index (χ0v) is 12.9. The maximum Gasteiger partial charge on any atom is 0.408 e. The fourth-order valence-electron chi connectivity index (χ4n) is 2.36. The van der Waals surface area contributed by atoms with Crippen molar-refractivity contribution in [3.8, 4) is 0 Å². The molecule has 128 valence electrons. The van der Waals surface area contributed by atoms with Gasteiger partial charge in [0.15, 0.2) is 0 Å². The fraction of sp³-hybridized carbons (Fsp3) is 0.643. The van der Waals surface area contributed by atoms with E-state index in [9.17, 15) is 22.8 Å². The van der Waals surface area contributed by atoms with E-state index in [1.54, 1.807) is 0 Å². The molecule has 1 aromatic rings. The van der Waals surface area contributed by atoms with Crippen LogP contribution >= 0.6 is 0 Å². The highest BCUT2D eigenvalue weighted by Gasteiger charge is 2.36. The van der Waals surface area contributed by atoms with Crippen LogP contribution < -0.4 is 10.2 Å². The summed E-state index contributed by atoms with van der Waals surface area (Å²) >= 11 is 0. The van der Waals surface area contributed by atoms with E-state index in [1.165, 1.54) is 17.3 Å². The van der Waals surface area contributed by atoms with Crippen LogP contribution in [-0.4, -0.2) is 40.4 Å². The second kappa shape index (κ2) is 6.59. The number of hydrogen-bond acceptors (Lipinski definition) is 3. The number of halogens is 3. The molecule has 23 heavy (non-hydrogen) atoms. The molecule has 1 aliphatic heterocycles. The second-order valence-electron chi connectivity index (χ2n) is 5.73. The summed E-state index contributed by atoms with van der Waals surface area (Å²) in [7, 11) is 0. The Morgan fingerprint density at radius 3 is 2.83 bits per heavy atom. The van der Waals surface area contributed by atoms with E-state index in [1.807, 2.05) is 13.8 Å². The van der Waals surface area contributed by atoms with E-state index in [4.69, 9.17) is 0 Å². The predicted molar refractivity (Wildman–Crippen MR) is 76.6 cm³/mol. The zero-order valence-electron chi connectivity index (χ0n) is 12.9. The first kappa shape index (κ1) is 17.3. The first-order valence-corrected chi connectivity index (χ1v) is 7.39. The average Bonchev–Trinajstić information content (AvgIpc) is 3.03. The summed E-state index contributed by atoms with van der Waals surface area (Å²) in [6.45, 7) is 2.74. The van der Waals surface area contributed by atoms with Crippen molar-refractivity contribution in [1.82, 2.24) is 15.1 Å². The molecule has 0 aliphatic carbocycles. The van der Waals surface area contributed by atoms with Crippen LogP contribution in [0.3, 0.4) is 0 Å². The number of alkyl halides is 3. The van der Waals surface area contributed by atoms with Gasteiger partial charge in [-0.25, -0.2) is 0 Å². The molecular weight excluding hydrogens is 313 g/mol. The Morgan fingerprint density at radius 2 is 2.22 bits per heavy atom. The number of anilines is 1. The molecule has 0 saturated carbocycles. The van der Waals surface area contributed by atoms with Crippen LogP contribution in [0.25, 0.3) is 0 Å². The summed E-state index contributed by atoms with van der Waals surface area (Å²) in [5, 5.41) is 6.43. The topological polar surface area (TPSA) is 67.2 Å². The highest BCUT2D eigenvalue weighted by Crippen LogP contribution is 2.26. The quantitative estimate of drug-likeness (QED) is 0.893. The van der Waals surface area contributed by atoms with E-state index in [-0.39, 0.29) is 36.5 Å². The molecule has 0 aromatic carbocycles. The van der Waals surface area contributed by atoms with Crippen molar-refractivity contribution in [3.05, 3.63) is 12.4 Å². The number of rotatable bonds is 5. The van der Waals surface area contributed by atoms with E-state index >= 15 is 0 Å². The van der Waals surface area contributed by atoms with Crippen LogP contribution in [0.2, 0.25) is 0 Å². The van der Waals surface area contributed by atoms with Crippen molar-refractivity contribution in [2.75, 3.05) is 11.4 Å². The summed E-state index contributed by atoms with van der Waals surface area (Å²) in [5.74, 6) is -0.999. The number of carbonyl (C=O) groups is 2. The minimum absolute atomic E-state index is 0.0150. The first-order valence-electron chi connectivity index (χ1n) is 7.39. The van der Waals surface area contributed by atoms with E-state index in [0.29, 0.717) is 0 Å². The van der Waals surface area contributed by atoms with Gasteiger partial charge in [-0.05, 0) is 13.3 Å². The van der Waals surface area contributed by atoms with Crippen LogP contribution in [0.5, 0.6) is 0 Å². The molecule has 1 aliphatic rings. The lowest BCUT2D eigenvalue weighted by Gasteiger charge is -2.16. The maximum atomic E-state index is 12.3. The minimum Gasteiger partial charge on any atom is -0.353 e. The molecule has 1 saturated heterocycles. The van der Waals surface area contributed by atoms with Gasteiger partial charge in [-0.1, -0.05) is 6.92 Å².